The number of benzene rings is 2. The van der Waals surface area contributed by atoms with Crippen LogP contribution in [0.3, 0.4) is 0 Å². The lowest BCUT2D eigenvalue weighted by Gasteiger charge is -2.15. The quantitative estimate of drug-likeness (QED) is 0.143. The lowest BCUT2D eigenvalue weighted by Crippen LogP contribution is -2.09. The monoisotopic (exact) mass is 832 g/mol. The van der Waals surface area contributed by atoms with Crippen molar-refractivity contribution in [2.75, 3.05) is 0 Å². The molecule has 4 heterocycles. The van der Waals surface area contributed by atoms with Crippen LogP contribution in [0.25, 0.3) is 11.4 Å². The Bertz CT molecular complexity index is 2340. The number of nitrogens with zero attached hydrogens (tertiary/aromatic N) is 10. The highest BCUT2D eigenvalue weighted by Crippen LogP contribution is 2.28. The van der Waals surface area contributed by atoms with E-state index in [1.807, 2.05) is 13.8 Å². The second-order valence-corrected chi connectivity index (χ2v) is 13.1. The van der Waals surface area contributed by atoms with Crippen LogP contribution in [0.1, 0.15) is 83.4 Å². The van der Waals surface area contributed by atoms with E-state index in [9.17, 15) is 29.2 Å². The zero-order chi connectivity index (χ0) is 37.7. The minimum atomic E-state index is -0.877. The van der Waals surface area contributed by atoms with Gasteiger partial charge in [-0.1, -0.05) is 0 Å². The van der Waals surface area contributed by atoms with E-state index in [0.29, 0.717) is 58.8 Å². The fraction of sp³-hybridized carbons (Fsp3) is 0.250. The molecule has 0 saturated heterocycles. The maximum absolute atomic E-state index is 13.6. The van der Waals surface area contributed by atoms with Gasteiger partial charge in [0.05, 0.1) is 64.8 Å². The number of ketones is 1. The average molecular weight is 835 g/mol. The van der Waals surface area contributed by atoms with Crippen molar-refractivity contribution in [1.82, 2.24) is 39.1 Å². The average Bonchev–Trinajstić information content (AvgIpc) is 3.91. The summed E-state index contributed by atoms with van der Waals surface area (Å²) in [7, 11) is 0. The number of aromatic nitrogens is 8. The third-order valence-corrected chi connectivity index (χ3v) is 10.1. The summed E-state index contributed by atoms with van der Waals surface area (Å²) < 4.78 is 35.6. The van der Waals surface area contributed by atoms with Crippen LogP contribution in [0.4, 0.5) is 8.78 Å². The van der Waals surface area contributed by atoms with Crippen molar-refractivity contribution in [2.24, 2.45) is 0 Å². The molecule has 4 aromatic heterocycles. The number of aliphatic hydroxyl groups excluding tert-OH is 1. The molecule has 1 N–H and O–H groups in total. The molecule has 0 aliphatic carbocycles. The first-order valence-corrected chi connectivity index (χ1v) is 17.6. The zero-order valence-electron chi connectivity index (χ0n) is 28.5. The molecule has 0 bridgehead atoms. The van der Waals surface area contributed by atoms with Crippen molar-refractivity contribution in [3.05, 3.63) is 127 Å². The summed E-state index contributed by atoms with van der Waals surface area (Å²) >= 11 is 7.05. The van der Waals surface area contributed by atoms with Crippen molar-refractivity contribution in [2.45, 2.75) is 59.7 Å². The Morgan fingerprint density at radius 3 is 1.67 bits per heavy atom. The molecule has 6 aromatic rings. The molecule has 0 radical (unpaired) electrons. The normalized spacial score (nSPS) is 11.4. The maximum Gasteiger partial charge on any atom is 0.162 e. The topological polar surface area (TPSA) is 156 Å². The molecule has 16 heteroatoms. The van der Waals surface area contributed by atoms with Gasteiger partial charge in [-0.15, -0.1) is 0 Å². The summed E-state index contributed by atoms with van der Waals surface area (Å²) in [5.74, 6) is -1.22. The van der Waals surface area contributed by atoms with Crippen LogP contribution in [0.15, 0.2) is 70.4 Å². The minimum Gasteiger partial charge on any atom is -0.389 e. The van der Waals surface area contributed by atoms with Crippen LogP contribution < -0.4 is 0 Å². The summed E-state index contributed by atoms with van der Waals surface area (Å²) in [6.07, 6.45) is 6.31. The molecule has 0 aliphatic heterocycles. The number of aliphatic hydroxyl groups is 1. The van der Waals surface area contributed by atoms with Gasteiger partial charge >= 0.3 is 0 Å². The highest BCUT2D eigenvalue weighted by molar-refractivity contribution is 9.10. The number of hydrogen-bond donors (Lipinski definition) is 1. The van der Waals surface area contributed by atoms with Gasteiger partial charge in [-0.25, -0.2) is 18.1 Å². The number of Topliss-reactive ketones (excluding diaryl/α,β-unsaturated/α-hetero) is 1. The molecule has 266 valence electrons. The predicted octanol–water partition coefficient (Wildman–Crippen LogP) is 7.16. The van der Waals surface area contributed by atoms with Crippen LogP contribution in [-0.2, 0) is 25.9 Å². The predicted molar refractivity (Wildman–Crippen MR) is 194 cm³/mol. The first kappa shape index (κ1) is 38.0. The van der Waals surface area contributed by atoms with Gasteiger partial charge in [-0.2, -0.15) is 30.9 Å². The van der Waals surface area contributed by atoms with Crippen LogP contribution in [0.5, 0.6) is 0 Å². The maximum atomic E-state index is 13.6. The largest absolute Gasteiger partial charge is 0.389 e. The van der Waals surface area contributed by atoms with Crippen molar-refractivity contribution < 1.29 is 18.7 Å². The third-order valence-electron chi connectivity index (χ3n) is 8.22. The Morgan fingerprint density at radius 1 is 0.788 bits per heavy atom. The summed E-state index contributed by atoms with van der Waals surface area (Å²) in [5.41, 5.74) is 5.45. The van der Waals surface area contributed by atoms with Gasteiger partial charge in [0.1, 0.15) is 33.0 Å². The number of hydrogen-bond acceptors (Lipinski definition) is 8. The standard InChI is InChI=1S/C18H17BrFN5O.C18H15BrFN5O/c2*1-3-24-18(19)12(9-22-24)6-17-13(8-21)10-23-25(17)16-5-4-14(20)7-15(16)11(2)26/h4-5,7,9-11,26H,3,6H2,1-2H3;4-5,7,9-10H,3,6H2,1-2H3. The Morgan fingerprint density at radius 2 is 1.25 bits per heavy atom. The first-order chi connectivity index (χ1) is 24.9. The zero-order valence-corrected chi connectivity index (χ0v) is 31.7. The number of aryl methyl sites for hydroxylation is 2. The number of nitriles is 2. The fourth-order valence-corrected chi connectivity index (χ4v) is 6.74. The summed E-state index contributed by atoms with van der Waals surface area (Å²) in [6, 6.07) is 12.4. The van der Waals surface area contributed by atoms with E-state index in [0.717, 1.165) is 26.9 Å². The Balaban J connectivity index is 0.000000201. The van der Waals surface area contributed by atoms with Gasteiger partial charge in [0.25, 0.3) is 0 Å². The molecule has 2 aromatic carbocycles. The SMILES string of the molecule is CCn1ncc(Cc2c(C#N)cnn2-c2ccc(F)cc2C(C)=O)c1Br.CCn1ncc(Cc2c(C#N)cnn2-c2ccc(F)cc2C(C)O)c1Br. The molecule has 0 saturated carbocycles. The van der Waals surface area contributed by atoms with E-state index >= 15 is 0 Å². The minimum absolute atomic E-state index is 0.210. The molecule has 0 aliphatic rings. The van der Waals surface area contributed by atoms with E-state index in [2.05, 4.69) is 64.4 Å². The summed E-state index contributed by atoms with van der Waals surface area (Å²) in [4.78, 5) is 11.9. The molecule has 6 rings (SSSR count). The molecular weight excluding hydrogens is 802 g/mol. The van der Waals surface area contributed by atoms with Gasteiger partial charge < -0.3 is 5.11 Å². The Kier molecular flexibility index (Phi) is 11.9. The van der Waals surface area contributed by atoms with E-state index in [1.54, 1.807) is 39.4 Å². The van der Waals surface area contributed by atoms with E-state index < -0.39 is 17.7 Å². The molecule has 0 fully saturated rings. The second-order valence-electron chi connectivity index (χ2n) is 11.6. The number of halogens is 4. The lowest BCUT2D eigenvalue weighted by molar-refractivity contribution is 0.101. The lowest BCUT2D eigenvalue weighted by atomic mass is 10.1. The van der Waals surface area contributed by atoms with E-state index in [4.69, 9.17) is 0 Å². The first-order valence-electron chi connectivity index (χ1n) is 16.0. The van der Waals surface area contributed by atoms with Crippen molar-refractivity contribution in [1.29, 1.82) is 10.5 Å². The van der Waals surface area contributed by atoms with Gasteiger partial charge in [0, 0.05) is 48.2 Å². The van der Waals surface area contributed by atoms with E-state index in [1.165, 1.54) is 54.3 Å². The van der Waals surface area contributed by atoms with Crippen LogP contribution >= 0.6 is 31.9 Å². The number of rotatable bonds is 10. The smallest absolute Gasteiger partial charge is 0.162 e. The third kappa shape index (κ3) is 7.79. The van der Waals surface area contributed by atoms with Crippen molar-refractivity contribution in [3.8, 4) is 23.5 Å². The summed E-state index contributed by atoms with van der Waals surface area (Å²) in [6.45, 7) is 8.32. The fourth-order valence-electron chi connectivity index (χ4n) is 5.57. The molecule has 0 amide bonds. The number of carbonyl (C=O) groups is 1. The van der Waals surface area contributed by atoms with Crippen LogP contribution in [-0.4, -0.2) is 50.0 Å². The van der Waals surface area contributed by atoms with Gasteiger partial charge in [0.15, 0.2) is 5.78 Å². The van der Waals surface area contributed by atoms with Crippen LogP contribution in [0, 0.1) is 34.3 Å². The van der Waals surface area contributed by atoms with Gasteiger partial charge in [-0.05, 0) is 96.0 Å². The molecule has 0 spiro atoms. The van der Waals surface area contributed by atoms with Crippen molar-refractivity contribution in [3.63, 3.8) is 0 Å². The molecule has 1 unspecified atom stereocenters. The molecule has 12 nitrogen and oxygen atoms in total. The van der Waals surface area contributed by atoms with Gasteiger partial charge in [-0.3, -0.25) is 14.2 Å². The second kappa shape index (κ2) is 16.4. The number of carbonyl (C=O) groups excluding carboxylic acids is 1. The molecule has 1 atom stereocenters. The van der Waals surface area contributed by atoms with Crippen LogP contribution in [0.2, 0.25) is 0 Å². The Hall–Kier alpha value is -5.29. The Labute approximate surface area is 314 Å². The molecule has 52 heavy (non-hydrogen) atoms. The molecular formula is C36H32Br2F2N10O2. The van der Waals surface area contributed by atoms with E-state index in [-0.39, 0.29) is 11.3 Å². The summed E-state index contributed by atoms with van der Waals surface area (Å²) in [5, 5.41) is 46.1. The highest BCUT2D eigenvalue weighted by atomic mass is 79.9. The van der Waals surface area contributed by atoms with Crippen molar-refractivity contribution >= 4 is 37.6 Å². The highest BCUT2D eigenvalue weighted by Gasteiger charge is 2.21. The van der Waals surface area contributed by atoms with Gasteiger partial charge in [0.2, 0.25) is 0 Å².